The number of hydrogen-bond acceptors (Lipinski definition) is 5. The Morgan fingerprint density at radius 3 is 2.44 bits per heavy atom. The number of ether oxygens (including phenoxy) is 3. The molecule has 0 atom stereocenters. The van der Waals surface area contributed by atoms with Crippen molar-refractivity contribution in [2.24, 2.45) is 0 Å². The number of nitrogens with zero attached hydrogens (tertiary/aromatic N) is 1. The summed E-state index contributed by atoms with van der Waals surface area (Å²) >= 11 is 0. The molecule has 2 aromatic carbocycles. The van der Waals surface area contributed by atoms with Crippen LogP contribution in [0, 0.1) is 0 Å². The van der Waals surface area contributed by atoms with Crippen LogP contribution in [0.15, 0.2) is 48.7 Å². The van der Waals surface area contributed by atoms with E-state index in [0.717, 1.165) is 5.39 Å². The summed E-state index contributed by atoms with van der Waals surface area (Å²) in [7, 11) is 3.14. The molecule has 0 saturated carbocycles. The Hall–Kier alpha value is -3.28. The number of anilines is 1. The van der Waals surface area contributed by atoms with Crippen LogP contribution in [-0.4, -0.2) is 31.2 Å². The molecule has 0 aliphatic rings. The van der Waals surface area contributed by atoms with Crippen molar-refractivity contribution >= 4 is 22.5 Å². The van der Waals surface area contributed by atoms with Gasteiger partial charge in [0.25, 0.3) is 5.91 Å². The molecule has 1 aromatic heterocycles. The highest BCUT2D eigenvalue weighted by Crippen LogP contribution is 2.32. The van der Waals surface area contributed by atoms with Gasteiger partial charge in [-0.25, -0.2) is 0 Å². The average Bonchev–Trinajstić information content (AvgIpc) is 2.68. The van der Waals surface area contributed by atoms with Gasteiger partial charge in [0.2, 0.25) is 0 Å². The van der Waals surface area contributed by atoms with Crippen molar-refractivity contribution in [1.29, 1.82) is 0 Å². The zero-order chi connectivity index (χ0) is 19.4. The van der Waals surface area contributed by atoms with Gasteiger partial charge in [-0.3, -0.25) is 9.78 Å². The van der Waals surface area contributed by atoms with E-state index in [4.69, 9.17) is 14.2 Å². The van der Waals surface area contributed by atoms with E-state index in [1.807, 2.05) is 26.0 Å². The van der Waals surface area contributed by atoms with Crippen LogP contribution in [-0.2, 0) is 0 Å². The molecular weight excluding hydrogens is 344 g/mol. The Balaban J connectivity index is 1.91. The summed E-state index contributed by atoms with van der Waals surface area (Å²) in [6.45, 7) is 3.87. The molecule has 0 spiro atoms. The van der Waals surface area contributed by atoms with Crippen LogP contribution in [0.25, 0.3) is 10.9 Å². The van der Waals surface area contributed by atoms with Crippen molar-refractivity contribution in [3.8, 4) is 17.2 Å². The molecule has 1 amide bonds. The summed E-state index contributed by atoms with van der Waals surface area (Å²) in [5.41, 5.74) is 1.82. The maximum Gasteiger partial charge on any atom is 0.255 e. The van der Waals surface area contributed by atoms with Crippen LogP contribution >= 0.6 is 0 Å². The topological polar surface area (TPSA) is 69.7 Å². The third-order valence-electron chi connectivity index (χ3n) is 3.99. The average molecular weight is 366 g/mol. The normalized spacial score (nSPS) is 10.7. The molecule has 0 aliphatic carbocycles. The predicted molar refractivity (Wildman–Crippen MR) is 105 cm³/mol. The zero-order valence-electron chi connectivity index (χ0n) is 15.8. The molecule has 0 unspecified atom stereocenters. The van der Waals surface area contributed by atoms with E-state index in [0.29, 0.717) is 34.0 Å². The number of amides is 1. The number of fused-ring (bicyclic) bond motifs is 1. The van der Waals surface area contributed by atoms with Crippen molar-refractivity contribution in [1.82, 2.24) is 4.98 Å². The van der Waals surface area contributed by atoms with Crippen LogP contribution in [0.5, 0.6) is 17.2 Å². The minimum Gasteiger partial charge on any atom is -0.494 e. The second-order valence-corrected chi connectivity index (χ2v) is 6.20. The van der Waals surface area contributed by atoms with Gasteiger partial charge in [-0.15, -0.1) is 0 Å². The third kappa shape index (κ3) is 3.95. The second-order valence-electron chi connectivity index (χ2n) is 6.20. The van der Waals surface area contributed by atoms with Crippen molar-refractivity contribution in [2.75, 3.05) is 19.5 Å². The molecule has 3 aromatic rings. The largest absolute Gasteiger partial charge is 0.494 e. The molecule has 6 heteroatoms. The fraction of sp³-hybridized carbons (Fsp3) is 0.238. The highest BCUT2D eigenvalue weighted by atomic mass is 16.5. The van der Waals surface area contributed by atoms with Crippen LogP contribution in [0.1, 0.15) is 24.2 Å². The van der Waals surface area contributed by atoms with Crippen LogP contribution in [0.2, 0.25) is 0 Å². The molecule has 140 valence electrons. The summed E-state index contributed by atoms with van der Waals surface area (Å²) in [5, 5.41) is 3.74. The quantitative estimate of drug-likeness (QED) is 0.705. The van der Waals surface area contributed by atoms with Gasteiger partial charge >= 0.3 is 0 Å². The molecule has 27 heavy (non-hydrogen) atoms. The van der Waals surface area contributed by atoms with Crippen LogP contribution in [0.4, 0.5) is 5.69 Å². The number of carbonyl (C=O) groups is 1. The van der Waals surface area contributed by atoms with E-state index in [1.54, 1.807) is 50.7 Å². The van der Waals surface area contributed by atoms with Gasteiger partial charge in [0.05, 0.1) is 26.0 Å². The minimum atomic E-state index is -0.250. The first-order chi connectivity index (χ1) is 13.0. The van der Waals surface area contributed by atoms with Gasteiger partial charge in [0.15, 0.2) is 11.5 Å². The van der Waals surface area contributed by atoms with Gasteiger partial charge < -0.3 is 19.5 Å². The standard InChI is InChI=1S/C21H22N2O4/c1-13(2)27-17-9-7-14(12-19(17)26-4)21(24)23-16-8-10-18(25-3)20-15(16)6-5-11-22-20/h5-13H,1-4H3,(H,23,24). The number of rotatable bonds is 6. The summed E-state index contributed by atoms with van der Waals surface area (Å²) in [6.07, 6.45) is 1.70. The molecule has 6 nitrogen and oxygen atoms in total. The summed E-state index contributed by atoms with van der Waals surface area (Å²) in [5.74, 6) is 1.51. The van der Waals surface area contributed by atoms with Gasteiger partial charge in [0.1, 0.15) is 11.3 Å². The SMILES string of the molecule is COc1cc(C(=O)Nc2ccc(OC)c3ncccc23)ccc1OC(C)C. The highest BCUT2D eigenvalue weighted by Gasteiger charge is 2.14. The zero-order valence-corrected chi connectivity index (χ0v) is 15.8. The number of pyridine rings is 1. The van der Waals surface area contributed by atoms with E-state index < -0.39 is 0 Å². The molecule has 1 N–H and O–H groups in total. The Bertz CT molecular complexity index is 970. The second kappa shape index (κ2) is 7.95. The van der Waals surface area contributed by atoms with Crippen molar-refractivity contribution in [3.05, 3.63) is 54.2 Å². The van der Waals surface area contributed by atoms with E-state index in [-0.39, 0.29) is 12.0 Å². The van der Waals surface area contributed by atoms with Gasteiger partial charge in [0, 0.05) is 17.1 Å². The van der Waals surface area contributed by atoms with Gasteiger partial charge in [-0.05, 0) is 56.3 Å². The Morgan fingerprint density at radius 2 is 1.74 bits per heavy atom. The first-order valence-corrected chi connectivity index (χ1v) is 8.61. The lowest BCUT2D eigenvalue weighted by Crippen LogP contribution is -2.13. The van der Waals surface area contributed by atoms with E-state index in [9.17, 15) is 4.79 Å². The monoisotopic (exact) mass is 366 g/mol. The molecule has 0 fully saturated rings. The summed E-state index contributed by atoms with van der Waals surface area (Å²) in [6, 6.07) is 12.4. The number of benzene rings is 2. The molecule has 3 rings (SSSR count). The van der Waals surface area contributed by atoms with Crippen LogP contribution in [0.3, 0.4) is 0 Å². The Labute approximate surface area is 158 Å². The maximum atomic E-state index is 12.8. The van der Waals surface area contributed by atoms with Crippen molar-refractivity contribution < 1.29 is 19.0 Å². The first kappa shape index (κ1) is 18.5. The first-order valence-electron chi connectivity index (χ1n) is 8.61. The number of nitrogens with one attached hydrogen (secondary N) is 1. The molecule has 0 saturated heterocycles. The molecule has 1 heterocycles. The van der Waals surface area contributed by atoms with Crippen molar-refractivity contribution in [3.63, 3.8) is 0 Å². The maximum absolute atomic E-state index is 12.8. The fourth-order valence-electron chi connectivity index (χ4n) is 2.78. The van der Waals surface area contributed by atoms with E-state index in [2.05, 4.69) is 10.3 Å². The molecular formula is C21H22N2O4. The number of carbonyl (C=O) groups excluding carboxylic acids is 1. The third-order valence-corrected chi connectivity index (χ3v) is 3.99. The smallest absolute Gasteiger partial charge is 0.255 e. The number of methoxy groups -OCH3 is 2. The number of hydrogen-bond donors (Lipinski definition) is 1. The summed E-state index contributed by atoms with van der Waals surface area (Å²) in [4.78, 5) is 17.1. The highest BCUT2D eigenvalue weighted by molar-refractivity contribution is 6.09. The molecule has 0 radical (unpaired) electrons. The summed E-state index contributed by atoms with van der Waals surface area (Å²) < 4.78 is 16.4. The minimum absolute atomic E-state index is 0.0109. The Kier molecular flexibility index (Phi) is 5.45. The van der Waals surface area contributed by atoms with Crippen molar-refractivity contribution in [2.45, 2.75) is 20.0 Å². The lowest BCUT2D eigenvalue weighted by Gasteiger charge is -2.15. The fourth-order valence-corrected chi connectivity index (χ4v) is 2.78. The van der Waals surface area contributed by atoms with E-state index in [1.165, 1.54) is 0 Å². The lowest BCUT2D eigenvalue weighted by atomic mass is 10.1. The molecule has 0 bridgehead atoms. The van der Waals surface area contributed by atoms with E-state index >= 15 is 0 Å². The lowest BCUT2D eigenvalue weighted by molar-refractivity contribution is 0.102. The predicted octanol–water partition coefficient (Wildman–Crippen LogP) is 4.29. The number of aromatic nitrogens is 1. The Morgan fingerprint density at radius 1 is 1.00 bits per heavy atom. The van der Waals surface area contributed by atoms with Crippen LogP contribution < -0.4 is 19.5 Å². The van der Waals surface area contributed by atoms with Gasteiger partial charge in [-0.1, -0.05) is 0 Å². The van der Waals surface area contributed by atoms with Gasteiger partial charge in [-0.2, -0.15) is 0 Å². The molecule has 0 aliphatic heterocycles.